The molecule has 2 atom stereocenters. The number of pyridine rings is 1. The first-order chi connectivity index (χ1) is 16.1. The molecule has 3 aromatic rings. The van der Waals surface area contributed by atoms with Crippen LogP contribution in [0.25, 0.3) is 0 Å². The Balaban J connectivity index is 1.50. The zero-order valence-electron chi connectivity index (χ0n) is 17.6. The molecule has 4 rings (SSSR count). The summed E-state index contributed by atoms with van der Waals surface area (Å²) in [6.07, 6.45) is 3.15. The molecule has 1 amide bonds. The molecule has 2 unspecified atom stereocenters. The standard InChI is InChI=1S/C24H17Cl4FN2O3/c1-34-15-6-12(10-30-11-15)7-20(32)16-9-14(3-4-17(16)25)31-23(33)22-21(24(22,27)28)13-2-5-19(29)18(26)8-13/h2-6,8-11,21-22H,7H2,1H3,(H,31,33). The number of hydrogen-bond donors (Lipinski definition) is 1. The molecule has 0 bridgehead atoms. The number of rotatable bonds is 7. The number of methoxy groups -OCH3 is 1. The average molecular weight is 542 g/mol. The highest BCUT2D eigenvalue weighted by atomic mass is 35.5. The van der Waals surface area contributed by atoms with Crippen molar-refractivity contribution in [2.24, 2.45) is 5.92 Å². The third kappa shape index (κ3) is 5.01. The quantitative estimate of drug-likeness (QED) is 0.274. The Morgan fingerprint density at radius 2 is 1.85 bits per heavy atom. The van der Waals surface area contributed by atoms with E-state index in [1.807, 2.05) is 0 Å². The molecule has 0 saturated heterocycles. The lowest BCUT2D eigenvalue weighted by atomic mass is 10.0. The first-order valence-electron chi connectivity index (χ1n) is 10.1. The first kappa shape index (κ1) is 24.7. The van der Waals surface area contributed by atoms with Crippen LogP contribution in [0.5, 0.6) is 5.75 Å². The lowest BCUT2D eigenvalue weighted by molar-refractivity contribution is -0.117. The van der Waals surface area contributed by atoms with Gasteiger partial charge in [0.15, 0.2) is 5.78 Å². The Labute approximate surface area is 215 Å². The molecule has 2 aromatic carbocycles. The minimum atomic E-state index is -1.38. The van der Waals surface area contributed by atoms with Crippen LogP contribution in [-0.2, 0) is 11.2 Å². The van der Waals surface area contributed by atoms with Gasteiger partial charge in [-0.15, -0.1) is 23.2 Å². The summed E-state index contributed by atoms with van der Waals surface area (Å²) in [5, 5.41) is 2.89. The number of amides is 1. The largest absolute Gasteiger partial charge is 0.495 e. The molecule has 1 heterocycles. The lowest BCUT2D eigenvalue weighted by Crippen LogP contribution is -2.17. The van der Waals surface area contributed by atoms with Crippen LogP contribution >= 0.6 is 46.4 Å². The van der Waals surface area contributed by atoms with Crippen molar-refractivity contribution in [1.82, 2.24) is 4.98 Å². The topological polar surface area (TPSA) is 68.3 Å². The molecule has 1 aromatic heterocycles. The molecule has 5 nitrogen and oxygen atoms in total. The number of ether oxygens (including phenoxy) is 1. The highest BCUT2D eigenvalue weighted by molar-refractivity contribution is 6.53. The number of nitrogens with zero attached hydrogens (tertiary/aromatic N) is 1. The van der Waals surface area contributed by atoms with E-state index in [0.29, 0.717) is 22.6 Å². The van der Waals surface area contributed by atoms with E-state index in [2.05, 4.69) is 10.3 Å². The lowest BCUT2D eigenvalue weighted by Gasteiger charge is -2.10. The Bertz CT molecular complexity index is 1280. The van der Waals surface area contributed by atoms with Gasteiger partial charge in [0.05, 0.1) is 29.3 Å². The molecule has 1 aliphatic rings. The Kier molecular flexibility index (Phi) is 7.06. The van der Waals surface area contributed by atoms with Crippen LogP contribution in [0.4, 0.5) is 10.1 Å². The number of carbonyl (C=O) groups is 2. The number of hydrogen-bond acceptors (Lipinski definition) is 4. The number of nitrogens with one attached hydrogen (secondary N) is 1. The summed E-state index contributed by atoms with van der Waals surface area (Å²) in [4.78, 5) is 29.8. The van der Waals surface area contributed by atoms with E-state index < -0.39 is 27.9 Å². The maximum absolute atomic E-state index is 13.5. The normalized spacial score (nSPS) is 18.3. The summed E-state index contributed by atoms with van der Waals surface area (Å²) in [6, 6.07) is 10.4. The van der Waals surface area contributed by atoms with Gasteiger partial charge in [-0.3, -0.25) is 14.6 Å². The summed E-state index contributed by atoms with van der Waals surface area (Å²) in [5.74, 6) is -2.12. The molecule has 1 N–H and O–H groups in total. The van der Waals surface area contributed by atoms with Crippen molar-refractivity contribution in [1.29, 1.82) is 0 Å². The van der Waals surface area contributed by atoms with Crippen LogP contribution in [0.3, 0.4) is 0 Å². The summed E-state index contributed by atoms with van der Waals surface area (Å²) in [7, 11) is 1.51. The van der Waals surface area contributed by atoms with E-state index in [0.717, 1.165) is 0 Å². The van der Waals surface area contributed by atoms with Crippen LogP contribution < -0.4 is 10.1 Å². The highest BCUT2D eigenvalue weighted by Gasteiger charge is 2.67. The molecule has 10 heteroatoms. The Morgan fingerprint density at radius 3 is 2.56 bits per heavy atom. The van der Waals surface area contributed by atoms with Gasteiger partial charge < -0.3 is 10.1 Å². The monoisotopic (exact) mass is 540 g/mol. The van der Waals surface area contributed by atoms with E-state index in [1.165, 1.54) is 43.6 Å². The minimum absolute atomic E-state index is 0.0455. The third-order valence-electron chi connectivity index (χ3n) is 5.54. The van der Waals surface area contributed by atoms with Crippen molar-refractivity contribution in [3.05, 3.63) is 87.4 Å². The van der Waals surface area contributed by atoms with Crippen molar-refractivity contribution in [2.75, 3.05) is 12.4 Å². The number of aromatic nitrogens is 1. The predicted octanol–water partition coefficient (Wildman–Crippen LogP) is 6.49. The summed E-state index contributed by atoms with van der Waals surface area (Å²) >= 11 is 24.8. The van der Waals surface area contributed by atoms with Crippen LogP contribution in [-0.4, -0.2) is 28.1 Å². The fraction of sp³-hybridized carbons (Fsp3) is 0.208. The molecular formula is C24H17Cl4FN2O3. The second kappa shape index (κ2) is 9.70. The van der Waals surface area contributed by atoms with E-state index in [4.69, 9.17) is 51.1 Å². The maximum atomic E-state index is 13.5. The van der Waals surface area contributed by atoms with Gasteiger partial charge in [-0.25, -0.2) is 4.39 Å². The van der Waals surface area contributed by atoms with Crippen molar-refractivity contribution in [3.8, 4) is 5.75 Å². The van der Waals surface area contributed by atoms with Crippen LogP contribution in [0.15, 0.2) is 54.9 Å². The van der Waals surface area contributed by atoms with Gasteiger partial charge in [-0.2, -0.15) is 0 Å². The Morgan fingerprint density at radius 1 is 1.09 bits per heavy atom. The number of alkyl halides is 2. The zero-order chi connectivity index (χ0) is 24.6. The molecule has 0 radical (unpaired) electrons. The van der Waals surface area contributed by atoms with E-state index in [-0.39, 0.29) is 27.8 Å². The van der Waals surface area contributed by atoms with Crippen molar-refractivity contribution < 1.29 is 18.7 Å². The fourth-order valence-corrected chi connectivity index (χ4v) is 5.00. The second-order valence-electron chi connectivity index (χ2n) is 7.82. The second-order valence-corrected chi connectivity index (χ2v) is 10.1. The number of Topliss-reactive ketones (excluding diaryl/α,β-unsaturated/α-hetero) is 1. The smallest absolute Gasteiger partial charge is 0.231 e. The van der Waals surface area contributed by atoms with Gasteiger partial charge >= 0.3 is 0 Å². The number of carbonyl (C=O) groups excluding carboxylic acids is 2. The molecular weight excluding hydrogens is 525 g/mol. The van der Waals surface area contributed by atoms with Crippen LogP contribution in [0, 0.1) is 11.7 Å². The fourth-order valence-electron chi connectivity index (χ4n) is 3.76. The van der Waals surface area contributed by atoms with Gasteiger partial charge in [-0.05, 0) is 47.5 Å². The van der Waals surface area contributed by atoms with Crippen LogP contribution in [0.1, 0.15) is 27.4 Å². The zero-order valence-corrected chi connectivity index (χ0v) is 20.6. The third-order valence-corrected chi connectivity index (χ3v) is 7.10. The summed E-state index contributed by atoms with van der Waals surface area (Å²) < 4.78 is 17.3. The maximum Gasteiger partial charge on any atom is 0.231 e. The number of halogens is 5. The summed E-state index contributed by atoms with van der Waals surface area (Å²) in [6.45, 7) is 0. The number of anilines is 1. The molecule has 176 valence electrons. The predicted molar refractivity (Wildman–Crippen MR) is 131 cm³/mol. The van der Waals surface area contributed by atoms with E-state index in [9.17, 15) is 14.0 Å². The van der Waals surface area contributed by atoms with Crippen molar-refractivity contribution in [3.63, 3.8) is 0 Å². The molecule has 0 spiro atoms. The van der Waals surface area contributed by atoms with E-state index in [1.54, 1.807) is 18.3 Å². The SMILES string of the molecule is COc1cncc(CC(=O)c2cc(NC(=O)C3C(c4ccc(F)c(Cl)c4)C3(Cl)Cl)ccc2Cl)c1. The molecule has 1 fully saturated rings. The van der Waals surface area contributed by atoms with Gasteiger partial charge in [-0.1, -0.05) is 29.3 Å². The molecule has 1 aliphatic carbocycles. The van der Waals surface area contributed by atoms with E-state index >= 15 is 0 Å². The minimum Gasteiger partial charge on any atom is -0.495 e. The molecule has 1 saturated carbocycles. The van der Waals surface area contributed by atoms with Gasteiger partial charge in [0.1, 0.15) is 15.9 Å². The highest BCUT2D eigenvalue weighted by Crippen LogP contribution is 2.65. The number of ketones is 1. The van der Waals surface area contributed by atoms with Gasteiger partial charge in [0.2, 0.25) is 5.91 Å². The Hall–Kier alpha value is -2.38. The van der Waals surface area contributed by atoms with Gasteiger partial charge in [0, 0.05) is 29.8 Å². The van der Waals surface area contributed by atoms with Crippen LogP contribution in [0.2, 0.25) is 10.0 Å². The van der Waals surface area contributed by atoms with Gasteiger partial charge in [0.25, 0.3) is 0 Å². The summed E-state index contributed by atoms with van der Waals surface area (Å²) in [5.41, 5.74) is 1.80. The molecule has 34 heavy (non-hydrogen) atoms. The number of benzene rings is 2. The average Bonchev–Trinajstić information content (AvgIpc) is 3.39. The first-order valence-corrected chi connectivity index (χ1v) is 11.6. The van der Waals surface area contributed by atoms with Crippen molar-refractivity contribution in [2.45, 2.75) is 16.7 Å². The van der Waals surface area contributed by atoms with Crippen molar-refractivity contribution >= 4 is 63.8 Å². The molecule has 0 aliphatic heterocycles.